The predicted octanol–water partition coefficient (Wildman–Crippen LogP) is 2.94. The maximum absolute atomic E-state index is 7.76. The summed E-state index contributed by atoms with van der Waals surface area (Å²) in [5.74, 6) is 0.902. The third-order valence-electron chi connectivity index (χ3n) is 3.82. The van der Waals surface area contributed by atoms with Crippen LogP contribution in [-0.2, 0) is 0 Å². The van der Waals surface area contributed by atoms with E-state index in [1.165, 1.54) is 12.5 Å². The minimum Gasteiger partial charge on any atom is -0.345 e. The Kier molecular flexibility index (Phi) is 4.48. The fourth-order valence-corrected chi connectivity index (χ4v) is 2.53. The van der Waals surface area contributed by atoms with Crippen LogP contribution in [0, 0.1) is 5.41 Å². The molecule has 0 aliphatic rings. The third kappa shape index (κ3) is 3.47. The second kappa shape index (κ2) is 7.40. The Hall–Kier alpha value is -4.14. The first-order chi connectivity index (χ1) is 13.3. The standard InChI is InChI=1S/C18H15N9/c19-8-13-17(26-15-3-1-2-14-16(15)22-10-21-14)23-11-24-18(13)27-25-9-12-4-6-20-7-5-12/h1-11,19H,(H,21,22)(H2,23,24,26,27)/b19-8?,25-9+. The minimum absolute atomic E-state index is 0.419. The maximum Gasteiger partial charge on any atom is 0.160 e. The number of anilines is 3. The molecule has 0 saturated carbocycles. The van der Waals surface area contributed by atoms with Gasteiger partial charge in [-0.2, -0.15) is 5.10 Å². The van der Waals surface area contributed by atoms with Crippen molar-refractivity contribution in [3.05, 3.63) is 66.5 Å². The van der Waals surface area contributed by atoms with Crippen LogP contribution in [0.15, 0.2) is 60.5 Å². The number of rotatable bonds is 6. The number of imidazole rings is 1. The Labute approximate surface area is 154 Å². The molecule has 4 aromatic rings. The van der Waals surface area contributed by atoms with Gasteiger partial charge in [0.05, 0.1) is 29.3 Å². The van der Waals surface area contributed by atoms with Crippen LogP contribution in [0.3, 0.4) is 0 Å². The van der Waals surface area contributed by atoms with Crippen LogP contribution in [0.1, 0.15) is 11.1 Å². The second-order valence-corrected chi connectivity index (χ2v) is 5.51. The molecule has 9 nitrogen and oxygen atoms in total. The molecule has 0 radical (unpaired) electrons. The van der Waals surface area contributed by atoms with E-state index in [9.17, 15) is 0 Å². The molecule has 9 heteroatoms. The molecular formula is C18H15N9. The van der Waals surface area contributed by atoms with Crippen molar-refractivity contribution in [3.63, 3.8) is 0 Å². The minimum atomic E-state index is 0.419. The SMILES string of the molecule is N=Cc1c(N/N=C/c2ccncc2)ncnc1Nc1cccc2[nH]cnc12. The topological polar surface area (TPSA) is 128 Å². The normalized spacial score (nSPS) is 11.0. The second-order valence-electron chi connectivity index (χ2n) is 5.51. The van der Waals surface area contributed by atoms with Gasteiger partial charge >= 0.3 is 0 Å². The van der Waals surface area contributed by atoms with Crippen LogP contribution < -0.4 is 10.7 Å². The van der Waals surface area contributed by atoms with Crippen LogP contribution in [0.4, 0.5) is 17.3 Å². The van der Waals surface area contributed by atoms with E-state index in [4.69, 9.17) is 5.41 Å². The van der Waals surface area contributed by atoms with E-state index < -0.39 is 0 Å². The lowest BCUT2D eigenvalue weighted by atomic mass is 10.2. The lowest BCUT2D eigenvalue weighted by molar-refractivity contribution is 1.13. The van der Waals surface area contributed by atoms with Gasteiger partial charge in [-0.25, -0.2) is 15.0 Å². The van der Waals surface area contributed by atoms with Crippen LogP contribution >= 0.6 is 0 Å². The van der Waals surface area contributed by atoms with Gasteiger partial charge in [-0.1, -0.05) is 6.07 Å². The van der Waals surface area contributed by atoms with Gasteiger partial charge in [0.2, 0.25) is 0 Å². The van der Waals surface area contributed by atoms with Crippen molar-refractivity contribution in [1.29, 1.82) is 5.41 Å². The molecule has 0 aliphatic heterocycles. The molecular weight excluding hydrogens is 342 g/mol. The first kappa shape index (κ1) is 16.3. The number of aromatic nitrogens is 5. The average Bonchev–Trinajstić information content (AvgIpc) is 3.19. The number of hydrazone groups is 1. The lowest BCUT2D eigenvalue weighted by Gasteiger charge is -2.11. The number of hydrogen-bond acceptors (Lipinski definition) is 8. The summed E-state index contributed by atoms with van der Waals surface area (Å²) in [5, 5.41) is 15.1. The molecule has 0 aliphatic carbocycles. The fourth-order valence-electron chi connectivity index (χ4n) is 2.53. The van der Waals surface area contributed by atoms with Crippen molar-refractivity contribution in [2.75, 3.05) is 10.7 Å². The van der Waals surface area contributed by atoms with E-state index in [2.05, 4.69) is 40.8 Å². The lowest BCUT2D eigenvalue weighted by Crippen LogP contribution is -2.05. The Bertz CT molecular complexity index is 1100. The van der Waals surface area contributed by atoms with Crippen LogP contribution in [0.5, 0.6) is 0 Å². The number of pyridine rings is 1. The van der Waals surface area contributed by atoms with Crippen molar-refractivity contribution in [1.82, 2.24) is 24.9 Å². The van der Waals surface area contributed by atoms with Crippen molar-refractivity contribution >= 4 is 40.8 Å². The molecule has 0 atom stereocenters. The number of nitrogens with one attached hydrogen (secondary N) is 4. The number of hydrogen-bond donors (Lipinski definition) is 4. The van der Waals surface area contributed by atoms with E-state index >= 15 is 0 Å². The first-order valence-electron chi connectivity index (χ1n) is 8.09. The molecule has 0 fully saturated rings. The van der Waals surface area contributed by atoms with Crippen molar-refractivity contribution in [2.45, 2.75) is 0 Å². The van der Waals surface area contributed by atoms with Gasteiger partial charge in [0.25, 0.3) is 0 Å². The summed E-state index contributed by atoms with van der Waals surface area (Å²) in [6.07, 6.45) is 9.24. The van der Waals surface area contributed by atoms with Gasteiger partial charge < -0.3 is 15.7 Å². The summed E-state index contributed by atoms with van der Waals surface area (Å²) in [4.78, 5) is 19.8. The summed E-state index contributed by atoms with van der Waals surface area (Å²) in [6, 6.07) is 9.41. The average molecular weight is 357 g/mol. The molecule has 4 N–H and O–H groups in total. The number of nitrogens with zero attached hydrogens (tertiary/aromatic N) is 5. The Balaban J connectivity index is 1.61. The van der Waals surface area contributed by atoms with Crippen molar-refractivity contribution in [3.8, 4) is 0 Å². The van der Waals surface area contributed by atoms with E-state index in [1.54, 1.807) is 24.9 Å². The smallest absolute Gasteiger partial charge is 0.160 e. The molecule has 3 aromatic heterocycles. The highest BCUT2D eigenvalue weighted by Crippen LogP contribution is 2.26. The number of para-hydroxylation sites is 1. The number of fused-ring (bicyclic) bond motifs is 1. The fraction of sp³-hybridized carbons (Fsp3) is 0. The zero-order valence-electron chi connectivity index (χ0n) is 14.1. The Morgan fingerprint density at radius 2 is 1.89 bits per heavy atom. The van der Waals surface area contributed by atoms with Gasteiger partial charge in [-0.3, -0.25) is 10.4 Å². The Morgan fingerprint density at radius 1 is 1.04 bits per heavy atom. The van der Waals surface area contributed by atoms with E-state index in [-0.39, 0.29) is 0 Å². The first-order valence-corrected chi connectivity index (χ1v) is 8.09. The zero-order chi connectivity index (χ0) is 18.5. The highest BCUT2D eigenvalue weighted by atomic mass is 15.3. The summed E-state index contributed by atoms with van der Waals surface area (Å²) >= 11 is 0. The van der Waals surface area contributed by atoms with Crippen molar-refractivity contribution < 1.29 is 0 Å². The molecule has 0 saturated heterocycles. The van der Waals surface area contributed by atoms with Crippen LogP contribution in [0.25, 0.3) is 11.0 Å². The molecule has 0 amide bonds. The predicted molar refractivity (Wildman–Crippen MR) is 105 cm³/mol. The maximum atomic E-state index is 7.76. The molecule has 27 heavy (non-hydrogen) atoms. The number of benzene rings is 1. The largest absolute Gasteiger partial charge is 0.345 e. The summed E-state index contributed by atoms with van der Waals surface area (Å²) in [7, 11) is 0. The molecule has 4 rings (SSSR count). The van der Waals surface area contributed by atoms with Gasteiger partial charge in [-0.05, 0) is 29.8 Å². The van der Waals surface area contributed by atoms with Crippen molar-refractivity contribution in [2.24, 2.45) is 5.10 Å². The summed E-state index contributed by atoms with van der Waals surface area (Å²) < 4.78 is 0. The van der Waals surface area contributed by atoms with E-state index in [0.717, 1.165) is 22.3 Å². The molecule has 132 valence electrons. The molecule has 0 bridgehead atoms. The van der Waals surface area contributed by atoms with Gasteiger partial charge in [-0.15, -0.1) is 0 Å². The highest BCUT2D eigenvalue weighted by Gasteiger charge is 2.11. The molecule has 0 spiro atoms. The molecule has 1 aromatic carbocycles. The van der Waals surface area contributed by atoms with Crippen LogP contribution in [-0.4, -0.2) is 37.3 Å². The Morgan fingerprint density at radius 3 is 2.74 bits per heavy atom. The zero-order valence-corrected chi connectivity index (χ0v) is 14.1. The highest BCUT2D eigenvalue weighted by molar-refractivity contribution is 5.95. The summed E-state index contributed by atoms with van der Waals surface area (Å²) in [5.41, 5.74) is 6.71. The number of H-pyrrole nitrogens is 1. The third-order valence-corrected chi connectivity index (χ3v) is 3.82. The molecule has 0 unspecified atom stereocenters. The van der Waals surface area contributed by atoms with Gasteiger partial charge in [0, 0.05) is 18.6 Å². The molecule has 3 heterocycles. The van der Waals surface area contributed by atoms with Crippen LogP contribution in [0.2, 0.25) is 0 Å². The van der Waals surface area contributed by atoms with E-state index in [0.29, 0.717) is 17.2 Å². The monoisotopic (exact) mass is 357 g/mol. The quantitative estimate of drug-likeness (QED) is 0.310. The summed E-state index contributed by atoms with van der Waals surface area (Å²) in [6.45, 7) is 0. The van der Waals surface area contributed by atoms with Gasteiger partial charge in [0.15, 0.2) is 5.82 Å². The van der Waals surface area contributed by atoms with Gasteiger partial charge in [0.1, 0.15) is 17.7 Å². The van der Waals surface area contributed by atoms with E-state index in [1.807, 2.05) is 30.3 Å². The number of aromatic amines is 1.